The Balaban J connectivity index is 3.00. The lowest BCUT2D eigenvalue weighted by Gasteiger charge is -2.02. The highest BCUT2D eigenvalue weighted by Crippen LogP contribution is 2.01. The maximum atomic E-state index is 5.67. The molecule has 0 spiro atoms. The fraction of sp³-hybridized carbons (Fsp3) is 0.778. The first kappa shape index (κ1) is 12.3. The summed E-state index contributed by atoms with van der Waals surface area (Å²) in [6.07, 6.45) is 5.12. The van der Waals surface area contributed by atoms with Crippen LogP contribution in [0.3, 0.4) is 0 Å². The Labute approximate surface area is 85.1 Å². The van der Waals surface area contributed by atoms with Crippen molar-refractivity contribution in [1.29, 1.82) is 0 Å². The van der Waals surface area contributed by atoms with Crippen LogP contribution in [0.5, 0.6) is 0 Å². The molecule has 0 fully saturated rings. The molecule has 0 aromatic rings. The molecule has 0 rings (SSSR count). The van der Waals surface area contributed by atoms with Gasteiger partial charge in [-0.2, -0.15) is 0 Å². The highest BCUT2D eigenvalue weighted by atomic mass is 35.5. The number of halogens is 2. The molecule has 0 atom stereocenters. The second kappa shape index (κ2) is 9.37. The molecule has 0 aliphatic carbocycles. The highest BCUT2D eigenvalue weighted by molar-refractivity contribution is 6.36. The fourth-order valence-electron chi connectivity index (χ4n) is 0.923. The smallest absolute Gasteiger partial charge is 0.0431 e. The Kier molecular flexibility index (Phi) is 9.59. The third-order valence-corrected chi connectivity index (χ3v) is 2.24. The van der Waals surface area contributed by atoms with Crippen LogP contribution in [0, 0.1) is 0 Å². The number of rotatable bonds is 7. The van der Waals surface area contributed by atoms with Gasteiger partial charge < -0.3 is 5.32 Å². The lowest BCUT2D eigenvalue weighted by atomic mass is 10.2. The van der Waals surface area contributed by atoms with Gasteiger partial charge in [0.15, 0.2) is 0 Å². The molecule has 0 aromatic heterocycles. The Morgan fingerprint density at radius 3 is 2.67 bits per heavy atom. The van der Waals surface area contributed by atoms with Crippen molar-refractivity contribution in [2.75, 3.05) is 13.1 Å². The second-order valence-corrected chi connectivity index (χ2v) is 3.50. The zero-order chi connectivity index (χ0) is 9.23. The van der Waals surface area contributed by atoms with E-state index in [1.165, 1.54) is 31.2 Å². The fourth-order valence-corrected chi connectivity index (χ4v) is 1.09. The van der Waals surface area contributed by atoms with E-state index >= 15 is 0 Å². The van der Waals surface area contributed by atoms with Crippen LogP contribution in [0.2, 0.25) is 0 Å². The van der Waals surface area contributed by atoms with Crippen molar-refractivity contribution in [3.8, 4) is 0 Å². The molecule has 0 aromatic carbocycles. The predicted octanol–water partition coefficient (Wildman–Crippen LogP) is 3.48. The van der Waals surface area contributed by atoms with Crippen LogP contribution in [0.25, 0.3) is 0 Å². The van der Waals surface area contributed by atoms with Gasteiger partial charge in [-0.25, -0.2) is 0 Å². The largest absolute Gasteiger partial charge is 0.312 e. The normalized spacial score (nSPS) is 12.1. The minimum atomic E-state index is 0.673. The van der Waals surface area contributed by atoms with Crippen LogP contribution in [-0.2, 0) is 0 Å². The first-order chi connectivity index (χ1) is 5.81. The van der Waals surface area contributed by atoms with E-state index in [1.54, 1.807) is 0 Å². The van der Waals surface area contributed by atoms with E-state index in [2.05, 4.69) is 12.2 Å². The lowest BCUT2D eigenvalue weighted by Crippen LogP contribution is -2.16. The lowest BCUT2D eigenvalue weighted by molar-refractivity contribution is 0.619. The number of unbranched alkanes of at least 4 members (excludes halogenated alkanes) is 3. The molecular weight excluding hydrogens is 193 g/mol. The zero-order valence-corrected chi connectivity index (χ0v) is 9.09. The summed E-state index contributed by atoms with van der Waals surface area (Å²) in [5.41, 5.74) is 1.40. The summed E-state index contributed by atoms with van der Waals surface area (Å²) in [6.45, 7) is 3.93. The van der Waals surface area contributed by atoms with Crippen LogP contribution in [0.4, 0.5) is 0 Å². The number of hydrogen-bond acceptors (Lipinski definition) is 1. The third kappa shape index (κ3) is 8.38. The zero-order valence-electron chi connectivity index (χ0n) is 7.58. The first-order valence-corrected chi connectivity index (χ1v) is 5.28. The van der Waals surface area contributed by atoms with Crippen molar-refractivity contribution in [3.63, 3.8) is 0 Å². The van der Waals surface area contributed by atoms with Crippen molar-refractivity contribution < 1.29 is 0 Å². The molecule has 72 valence electrons. The average molecular weight is 210 g/mol. The summed E-state index contributed by atoms with van der Waals surface area (Å²) in [6, 6.07) is 0. The molecule has 1 N–H and O–H groups in total. The second-order valence-electron chi connectivity index (χ2n) is 2.79. The van der Waals surface area contributed by atoms with E-state index < -0.39 is 0 Å². The van der Waals surface area contributed by atoms with Gasteiger partial charge >= 0.3 is 0 Å². The van der Waals surface area contributed by atoms with Crippen molar-refractivity contribution in [3.05, 3.63) is 10.6 Å². The molecule has 12 heavy (non-hydrogen) atoms. The molecule has 0 heterocycles. The van der Waals surface area contributed by atoms with E-state index in [4.69, 9.17) is 23.2 Å². The summed E-state index contributed by atoms with van der Waals surface area (Å²) in [5, 5.41) is 3.88. The highest BCUT2D eigenvalue weighted by Gasteiger charge is 1.90. The molecule has 0 unspecified atom stereocenters. The maximum Gasteiger partial charge on any atom is 0.0431 e. The summed E-state index contributed by atoms with van der Waals surface area (Å²) >= 11 is 11.1. The minimum absolute atomic E-state index is 0.673. The molecule has 1 nitrogen and oxygen atoms in total. The quantitative estimate of drug-likeness (QED) is 0.634. The topological polar surface area (TPSA) is 12.0 Å². The summed E-state index contributed by atoms with van der Waals surface area (Å²) in [4.78, 5) is 0. The Morgan fingerprint density at radius 1 is 1.33 bits per heavy atom. The van der Waals surface area contributed by atoms with Gasteiger partial charge in [0, 0.05) is 17.1 Å². The van der Waals surface area contributed by atoms with Crippen molar-refractivity contribution in [1.82, 2.24) is 5.32 Å². The molecule has 0 amide bonds. The molecular formula is C9H17Cl2N. The van der Waals surface area contributed by atoms with Crippen LogP contribution >= 0.6 is 23.2 Å². The van der Waals surface area contributed by atoms with E-state index in [1.807, 2.05) is 0 Å². The van der Waals surface area contributed by atoms with E-state index in [-0.39, 0.29) is 0 Å². The summed E-state index contributed by atoms with van der Waals surface area (Å²) in [7, 11) is 0. The third-order valence-electron chi connectivity index (χ3n) is 1.62. The monoisotopic (exact) mass is 209 g/mol. The van der Waals surface area contributed by atoms with Crippen LogP contribution in [0.15, 0.2) is 10.6 Å². The van der Waals surface area contributed by atoms with Gasteiger partial charge in [0.25, 0.3) is 0 Å². The summed E-state index contributed by atoms with van der Waals surface area (Å²) < 4.78 is 0. The van der Waals surface area contributed by atoms with Gasteiger partial charge in [-0.15, -0.1) is 0 Å². The Morgan fingerprint density at radius 2 is 2.08 bits per heavy atom. The van der Waals surface area contributed by atoms with Gasteiger partial charge in [-0.3, -0.25) is 0 Å². The predicted molar refractivity (Wildman–Crippen MR) is 56.8 cm³/mol. The van der Waals surface area contributed by atoms with Crippen LogP contribution < -0.4 is 5.32 Å². The van der Waals surface area contributed by atoms with Gasteiger partial charge in [0.2, 0.25) is 0 Å². The molecule has 0 radical (unpaired) electrons. The average Bonchev–Trinajstić information content (AvgIpc) is 2.10. The SMILES string of the molecule is CCCCCCNCC(Cl)=CCl. The molecule has 0 aliphatic rings. The van der Waals surface area contributed by atoms with Crippen molar-refractivity contribution in [2.45, 2.75) is 32.6 Å². The van der Waals surface area contributed by atoms with E-state index in [0.29, 0.717) is 11.6 Å². The van der Waals surface area contributed by atoms with Crippen molar-refractivity contribution >= 4 is 23.2 Å². The van der Waals surface area contributed by atoms with Crippen LogP contribution in [0.1, 0.15) is 32.6 Å². The van der Waals surface area contributed by atoms with Crippen LogP contribution in [-0.4, -0.2) is 13.1 Å². The van der Waals surface area contributed by atoms with E-state index in [9.17, 15) is 0 Å². The number of nitrogens with one attached hydrogen (secondary N) is 1. The van der Waals surface area contributed by atoms with Gasteiger partial charge in [-0.05, 0) is 13.0 Å². The van der Waals surface area contributed by atoms with Gasteiger partial charge in [0.1, 0.15) is 0 Å². The number of hydrogen-bond donors (Lipinski definition) is 1. The molecule has 0 saturated carbocycles. The van der Waals surface area contributed by atoms with Crippen molar-refractivity contribution in [2.24, 2.45) is 0 Å². The molecule has 0 aliphatic heterocycles. The van der Waals surface area contributed by atoms with E-state index in [0.717, 1.165) is 6.54 Å². The van der Waals surface area contributed by atoms with Gasteiger partial charge in [-0.1, -0.05) is 49.4 Å². The standard InChI is InChI=1S/C9H17Cl2N/c1-2-3-4-5-6-12-8-9(11)7-10/h7,12H,2-6,8H2,1H3. The Bertz CT molecular complexity index is 124. The maximum absolute atomic E-state index is 5.67. The summed E-state index contributed by atoms with van der Waals surface area (Å²) in [5.74, 6) is 0. The first-order valence-electron chi connectivity index (χ1n) is 4.46. The van der Waals surface area contributed by atoms with Gasteiger partial charge in [0.05, 0.1) is 0 Å². The minimum Gasteiger partial charge on any atom is -0.312 e. The molecule has 0 saturated heterocycles. The molecule has 3 heteroatoms. The molecule has 0 bridgehead atoms. The Hall–Kier alpha value is 0.280.